The van der Waals surface area contributed by atoms with E-state index in [1.54, 1.807) is 0 Å². The number of aliphatic hydroxyl groups is 2. The van der Waals surface area contributed by atoms with Gasteiger partial charge in [-0.05, 0) is 49.9 Å². The summed E-state index contributed by atoms with van der Waals surface area (Å²) in [6.07, 6.45) is 3.41. The number of carboxylic acid groups (broad SMARTS) is 1. The maximum absolute atomic E-state index is 10.7. The van der Waals surface area contributed by atoms with Crippen molar-refractivity contribution in [2.75, 3.05) is 0 Å². The Bertz CT molecular complexity index is 322. The number of carbonyl (C=O) groups is 1. The van der Waals surface area contributed by atoms with Crippen LogP contribution < -0.4 is 5.11 Å². The number of carboxylic acids is 1. The normalized spacial score (nSPS) is 54.2. The van der Waals surface area contributed by atoms with Crippen molar-refractivity contribution >= 4 is 5.97 Å². The molecular formula is C12H17O4-. The number of hydrogen-bond acceptors (Lipinski definition) is 4. The highest BCUT2D eigenvalue weighted by Gasteiger charge is 2.61. The van der Waals surface area contributed by atoms with Crippen molar-refractivity contribution < 1.29 is 20.1 Å². The first kappa shape index (κ1) is 10.5. The molecule has 2 atom stereocenters. The highest BCUT2D eigenvalue weighted by atomic mass is 16.4. The number of hydrogen-bond donors (Lipinski definition) is 2. The van der Waals surface area contributed by atoms with Crippen LogP contribution in [0.15, 0.2) is 0 Å². The van der Waals surface area contributed by atoms with Gasteiger partial charge in [-0.25, -0.2) is 0 Å². The molecule has 0 aliphatic heterocycles. The minimum Gasteiger partial charge on any atom is -0.550 e. The minimum absolute atomic E-state index is 0.0540. The largest absolute Gasteiger partial charge is 0.550 e. The topological polar surface area (TPSA) is 80.6 Å². The van der Waals surface area contributed by atoms with Crippen molar-refractivity contribution in [3.8, 4) is 0 Å². The second-order valence-electron chi connectivity index (χ2n) is 6.11. The molecule has 2 unspecified atom stereocenters. The van der Waals surface area contributed by atoms with Gasteiger partial charge in [0.15, 0.2) is 0 Å². The van der Waals surface area contributed by atoms with Gasteiger partial charge in [0.25, 0.3) is 0 Å². The van der Waals surface area contributed by atoms with Crippen LogP contribution in [0.25, 0.3) is 0 Å². The van der Waals surface area contributed by atoms with Crippen LogP contribution in [0, 0.1) is 17.8 Å². The van der Waals surface area contributed by atoms with E-state index in [4.69, 9.17) is 0 Å². The first-order chi connectivity index (χ1) is 7.41. The summed E-state index contributed by atoms with van der Waals surface area (Å²) < 4.78 is 0. The van der Waals surface area contributed by atoms with Gasteiger partial charge >= 0.3 is 0 Å². The molecule has 4 bridgehead atoms. The van der Waals surface area contributed by atoms with Gasteiger partial charge in [-0.1, -0.05) is 0 Å². The summed E-state index contributed by atoms with van der Waals surface area (Å²) in [5.74, 6) is -0.810. The molecule has 4 nitrogen and oxygen atoms in total. The molecule has 4 saturated carbocycles. The Morgan fingerprint density at radius 1 is 1.19 bits per heavy atom. The molecule has 0 aromatic carbocycles. The summed E-state index contributed by atoms with van der Waals surface area (Å²) in [6, 6.07) is 0. The lowest BCUT2D eigenvalue weighted by atomic mass is 9.47. The van der Waals surface area contributed by atoms with E-state index in [1.807, 2.05) is 0 Å². The van der Waals surface area contributed by atoms with Gasteiger partial charge in [0.05, 0.1) is 11.2 Å². The Morgan fingerprint density at radius 2 is 1.75 bits per heavy atom. The number of aliphatic carboxylic acids is 1. The summed E-state index contributed by atoms with van der Waals surface area (Å²) >= 11 is 0. The van der Waals surface area contributed by atoms with E-state index in [9.17, 15) is 20.1 Å². The van der Waals surface area contributed by atoms with E-state index < -0.39 is 17.2 Å². The van der Waals surface area contributed by atoms with Gasteiger partial charge < -0.3 is 20.1 Å². The predicted molar refractivity (Wildman–Crippen MR) is 53.1 cm³/mol. The summed E-state index contributed by atoms with van der Waals surface area (Å²) in [4.78, 5) is 10.7. The van der Waals surface area contributed by atoms with Crippen LogP contribution in [0.3, 0.4) is 0 Å². The summed E-state index contributed by atoms with van der Waals surface area (Å²) in [6.45, 7) is 0. The average molecular weight is 225 g/mol. The molecule has 0 saturated heterocycles. The first-order valence-corrected chi connectivity index (χ1v) is 6.06. The fourth-order valence-corrected chi connectivity index (χ4v) is 4.55. The Balaban J connectivity index is 1.91. The monoisotopic (exact) mass is 225 g/mol. The Labute approximate surface area is 94.3 Å². The van der Waals surface area contributed by atoms with E-state index in [0.29, 0.717) is 18.8 Å². The molecule has 4 fully saturated rings. The summed E-state index contributed by atoms with van der Waals surface area (Å²) in [5.41, 5.74) is -1.75. The first-order valence-electron chi connectivity index (χ1n) is 6.06. The van der Waals surface area contributed by atoms with Crippen molar-refractivity contribution in [3.63, 3.8) is 0 Å². The Morgan fingerprint density at radius 3 is 2.19 bits per heavy atom. The molecule has 16 heavy (non-hydrogen) atoms. The molecule has 0 aromatic rings. The molecule has 4 heteroatoms. The fraction of sp³-hybridized carbons (Fsp3) is 0.917. The highest BCUT2D eigenvalue weighted by molar-refractivity contribution is 5.66. The maximum Gasteiger partial charge on any atom is 0.0758 e. The highest BCUT2D eigenvalue weighted by Crippen LogP contribution is 2.60. The van der Waals surface area contributed by atoms with Crippen molar-refractivity contribution in [2.45, 2.75) is 49.7 Å². The second-order valence-corrected chi connectivity index (χ2v) is 6.11. The Kier molecular flexibility index (Phi) is 1.97. The van der Waals surface area contributed by atoms with Gasteiger partial charge in [-0.3, -0.25) is 0 Å². The zero-order valence-electron chi connectivity index (χ0n) is 9.19. The third kappa shape index (κ3) is 1.32. The summed E-state index contributed by atoms with van der Waals surface area (Å²) in [7, 11) is 0. The van der Waals surface area contributed by atoms with Gasteiger partial charge in [0.2, 0.25) is 0 Å². The molecule has 4 rings (SSSR count). The van der Waals surface area contributed by atoms with Crippen LogP contribution >= 0.6 is 0 Å². The summed E-state index contributed by atoms with van der Waals surface area (Å²) in [5, 5.41) is 31.6. The lowest BCUT2D eigenvalue weighted by molar-refractivity contribution is -0.316. The van der Waals surface area contributed by atoms with Crippen molar-refractivity contribution in [1.82, 2.24) is 0 Å². The van der Waals surface area contributed by atoms with Crippen molar-refractivity contribution in [2.24, 2.45) is 17.8 Å². The standard InChI is InChI=1S/C12H18O4/c13-10(14)6-12(16)8-1-7-2-9(12)5-11(15,3-7)4-8/h7-9,15-16H,1-6H2,(H,13,14)/p-1. The molecule has 0 aromatic heterocycles. The molecule has 0 amide bonds. The smallest absolute Gasteiger partial charge is 0.0758 e. The molecule has 0 heterocycles. The lowest BCUT2D eigenvalue weighted by Gasteiger charge is -2.62. The molecule has 90 valence electrons. The second kappa shape index (κ2) is 2.99. The van der Waals surface area contributed by atoms with E-state index in [1.165, 1.54) is 0 Å². The van der Waals surface area contributed by atoms with Crippen LogP contribution in [0.4, 0.5) is 0 Å². The van der Waals surface area contributed by atoms with E-state index in [2.05, 4.69) is 0 Å². The van der Waals surface area contributed by atoms with E-state index in [-0.39, 0.29) is 18.3 Å². The van der Waals surface area contributed by atoms with Gasteiger partial charge in [-0.15, -0.1) is 0 Å². The fourth-order valence-electron chi connectivity index (χ4n) is 4.55. The zero-order chi connectivity index (χ0) is 11.6. The molecule has 4 aliphatic rings. The van der Waals surface area contributed by atoms with Crippen LogP contribution in [0.1, 0.15) is 38.5 Å². The van der Waals surface area contributed by atoms with Gasteiger partial charge in [-0.2, -0.15) is 0 Å². The maximum atomic E-state index is 10.7. The number of rotatable bonds is 2. The number of carbonyl (C=O) groups excluding carboxylic acids is 1. The van der Waals surface area contributed by atoms with Gasteiger partial charge in [0.1, 0.15) is 0 Å². The molecule has 2 N–H and O–H groups in total. The minimum atomic E-state index is -1.18. The van der Waals surface area contributed by atoms with Crippen LogP contribution in [-0.4, -0.2) is 27.4 Å². The molecule has 0 radical (unpaired) electrons. The van der Waals surface area contributed by atoms with E-state index in [0.717, 1.165) is 19.3 Å². The van der Waals surface area contributed by atoms with Crippen LogP contribution in [-0.2, 0) is 4.79 Å². The third-order valence-electron chi connectivity index (χ3n) is 5.00. The molecule has 0 spiro atoms. The Hall–Kier alpha value is -0.610. The third-order valence-corrected chi connectivity index (χ3v) is 5.00. The lowest BCUT2D eigenvalue weighted by Crippen LogP contribution is -2.64. The predicted octanol–water partition coefficient (Wildman–Crippen LogP) is -0.572. The quantitative estimate of drug-likeness (QED) is 0.659. The molecule has 4 aliphatic carbocycles. The SMILES string of the molecule is O=C([O-])CC1(O)C2CC3CC1CC(O)(C3)C2. The zero-order valence-corrected chi connectivity index (χ0v) is 9.19. The van der Waals surface area contributed by atoms with Crippen molar-refractivity contribution in [3.05, 3.63) is 0 Å². The van der Waals surface area contributed by atoms with Crippen molar-refractivity contribution in [1.29, 1.82) is 0 Å². The molecular weight excluding hydrogens is 208 g/mol. The van der Waals surface area contributed by atoms with Crippen LogP contribution in [0.5, 0.6) is 0 Å². The van der Waals surface area contributed by atoms with Gasteiger partial charge in [0, 0.05) is 12.4 Å². The average Bonchev–Trinajstić information content (AvgIpc) is 2.10. The van der Waals surface area contributed by atoms with Crippen LogP contribution in [0.2, 0.25) is 0 Å². The van der Waals surface area contributed by atoms with E-state index >= 15 is 0 Å².